The van der Waals surface area contributed by atoms with Gasteiger partial charge in [0.05, 0.1) is 0 Å². The van der Waals surface area contributed by atoms with Crippen molar-refractivity contribution in [1.29, 1.82) is 0 Å². The molecule has 0 radical (unpaired) electrons. The third-order valence-corrected chi connectivity index (χ3v) is 14.4. The summed E-state index contributed by atoms with van der Waals surface area (Å²) in [5.74, 6) is -0.910. The van der Waals surface area contributed by atoms with Gasteiger partial charge in [-0.15, -0.1) is 0 Å². The minimum Gasteiger partial charge on any atom is -0.462 e. The van der Waals surface area contributed by atoms with Crippen LogP contribution in [0.2, 0.25) is 0 Å². The summed E-state index contributed by atoms with van der Waals surface area (Å²) in [5, 5.41) is 0. The van der Waals surface area contributed by atoms with E-state index in [4.69, 9.17) is 14.2 Å². The number of carbonyl (C=O) groups is 3. The Labute approximate surface area is 506 Å². The molecule has 6 nitrogen and oxygen atoms in total. The number of hydrogen-bond acceptors (Lipinski definition) is 6. The van der Waals surface area contributed by atoms with E-state index in [0.717, 1.165) is 148 Å². The van der Waals surface area contributed by atoms with Gasteiger partial charge in [-0.05, 0) is 135 Å². The lowest BCUT2D eigenvalue weighted by atomic mass is 10.0. The fourth-order valence-corrected chi connectivity index (χ4v) is 9.32. The van der Waals surface area contributed by atoms with E-state index >= 15 is 0 Å². The number of allylic oxidation sites excluding steroid dienone is 22. The van der Waals surface area contributed by atoms with E-state index in [0.29, 0.717) is 19.3 Å². The Hall–Kier alpha value is -4.45. The Bertz CT molecular complexity index is 1730. The smallest absolute Gasteiger partial charge is 0.306 e. The van der Waals surface area contributed by atoms with Gasteiger partial charge in [0, 0.05) is 19.3 Å². The molecule has 0 heterocycles. The van der Waals surface area contributed by atoms with Gasteiger partial charge >= 0.3 is 17.9 Å². The normalized spacial score (nSPS) is 13.0. The Morgan fingerprint density at radius 1 is 0.256 bits per heavy atom. The van der Waals surface area contributed by atoms with Crippen LogP contribution in [0.15, 0.2) is 134 Å². The molecule has 0 aromatic rings. The third kappa shape index (κ3) is 66.4. The Kier molecular flexibility index (Phi) is 65.3. The molecule has 1 atom stereocenters. The lowest BCUT2D eigenvalue weighted by Gasteiger charge is -2.18. The van der Waals surface area contributed by atoms with Crippen molar-refractivity contribution in [3.63, 3.8) is 0 Å². The maximum atomic E-state index is 12.9. The highest BCUT2D eigenvalue weighted by Gasteiger charge is 2.19. The summed E-state index contributed by atoms with van der Waals surface area (Å²) in [7, 11) is 0. The minimum absolute atomic E-state index is 0.0899. The van der Waals surface area contributed by atoms with Crippen LogP contribution in [0.25, 0.3) is 0 Å². The molecule has 0 amide bonds. The van der Waals surface area contributed by atoms with Crippen molar-refractivity contribution in [3.8, 4) is 0 Å². The number of carbonyl (C=O) groups excluding carboxylic acids is 3. The largest absolute Gasteiger partial charge is 0.462 e. The summed E-state index contributed by atoms with van der Waals surface area (Å²) in [6.07, 6.45) is 97.5. The fourth-order valence-electron chi connectivity index (χ4n) is 9.32. The first kappa shape index (κ1) is 77.5. The second-order valence-electron chi connectivity index (χ2n) is 22.3. The number of ether oxygens (including phenoxy) is 3. The molecule has 1 unspecified atom stereocenters. The molecule has 82 heavy (non-hydrogen) atoms. The van der Waals surface area contributed by atoms with Crippen LogP contribution in [0.3, 0.4) is 0 Å². The summed E-state index contributed by atoms with van der Waals surface area (Å²) in [4.78, 5) is 38.4. The van der Waals surface area contributed by atoms with Crippen LogP contribution in [0.5, 0.6) is 0 Å². The zero-order valence-corrected chi connectivity index (χ0v) is 53.5. The van der Waals surface area contributed by atoms with Gasteiger partial charge in [0.25, 0.3) is 0 Å². The van der Waals surface area contributed by atoms with Gasteiger partial charge in [-0.2, -0.15) is 0 Å². The molecule has 0 fully saturated rings. The molecule has 0 bridgehead atoms. The molecule has 0 aliphatic carbocycles. The van der Waals surface area contributed by atoms with Crippen molar-refractivity contribution in [2.75, 3.05) is 13.2 Å². The first-order valence-corrected chi connectivity index (χ1v) is 34.2. The molecule has 0 aromatic heterocycles. The lowest BCUT2D eigenvalue weighted by molar-refractivity contribution is -0.167. The van der Waals surface area contributed by atoms with Crippen LogP contribution in [0, 0.1) is 0 Å². The number of rotatable bonds is 61. The molecule has 466 valence electrons. The van der Waals surface area contributed by atoms with Crippen LogP contribution < -0.4 is 0 Å². The van der Waals surface area contributed by atoms with E-state index < -0.39 is 6.10 Å². The van der Waals surface area contributed by atoms with E-state index in [2.05, 4.69) is 154 Å². The van der Waals surface area contributed by atoms with Gasteiger partial charge in [-0.1, -0.05) is 289 Å². The van der Waals surface area contributed by atoms with Crippen LogP contribution in [0.1, 0.15) is 310 Å². The fraction of sp³-hybridized carbons (Fsp3) is 0.671. The van der Waals surface area contributed by atoms with Crippen molar-refractivity contribution >= 4 is 17.9 Å². The number of unbranched alkanes of at least 4 members (excludes halogenated alkanes) is 28. The molecule has 0 N–H and O–H groups in total. The van der Waals surface area contributed by atoms with Crippen molar-refractivity contribution in [1.82, 2.24) is 0 Å². The lowest BCUT2D eigenvalue weighted by Crippen LogP contribution is -2.30. The standard InChI is InChI=1S/C76H126O6/c1-4-7-10-13-16-19-22-25-28-30-32-33-34-35-36-37-38-39-40-41-42-43-44-46-48-51-54-57-60-63-66-69-75(78)81-72-73(71-80-74(77)68-65-62-59-56-53-50-47-27-24-21-18-15-12-9-6-3)82-76(79)70-67-64-61-58-55-52-49-45-31-29-26-23-20-17-14-11-8-5-2/h7,9-10,12,16,18-21,23,25,27-29,31-33,35-36,38-39,47,73H,4-6,8,11,13-15,17,22,24,26,30,34,37,40-46,48-72H2,1-3H3/b10-7-,12-9-,19-16-,21-18-,23-20-,28-25-,31-29-,33-32-,36-35-,39-38-,47-27-. The molecule has 0 saturated heterocycles. The quantitative estimate of drug-likeness (QED) is 0.0261. The summed E-state index contributed by atoms with van der Waals surface area (Å²) >= 11 is 0. The highest BCUT2D eigenvalue weighted by Crippen LogP contribution is 2.16. The monoisotopic (exact) mass is 1130 g/mol. The Morgan fingerprint density at radius 2 is 0.476 bits per heavy atom. The van der Waals surface area contributed by atoms with Crippen molar-refractivity contribution in [2.45, 2.75) is 316 Å². The molecule has 0 saturated carbocycles. The maximum absolute atomic E-state index is 12.9. The molecule has 0 aliphatic heterocycles. The van der Waals surface area contributed by atoms with Crippen molar-refractivity contribution < 1.29 is 28.6 Å². The molecule has 0 spiro atoms. The first-order valence-electron chi connectivity index (χ1n) is 34.2. The van der Waals surface area contributed by atoms with E-state index in [1.807, 2.05) is 0 Å². The second-order valence-corrected chi connectivity index (χ2v) is 22.3. The molecule has 0 rings (SSSR count). The SMILES string of the molecule is CC/C=C\C/C=C\C/C=C\C/C=C\C/C=C\C/C=C\CCCCCCCCCCCCCCC(=O)OCC(COC(=O)CCCCCCC/C=C\C/C=C\C/C=C\CC)OC(=O)CCCCCCCCC/C=C\C/C=C\CCCCCC. The van der Waals surface area contributed by atoms with Crippen LogP contribution in [-0.2, 0) is 28.6 Å². The molecular formula is C76H126O6. The predicted molar refractivity (Wildman–Crippen MR) is 357 cm³/mol. The first-order chi connectivity index (χ1) is 40.5. The second kappa shape index (κ2) is 69.0. The predicted octanol–water partition coefficient (Wildman–Crippen LogP) is 23.7. The van der Waals surface area contributed by atoms with E-state index in [1.165, 1.54) is 122 Å². The molecule has 0 aliphatic rings. The van der Waals surface area contributed by atoms with Gasteiger partial charge in [0.1, 0.15) is 13.2 Å². The maximum Gasteiger partial charge on any atom is 0.306 e. The van der Waals surface area contributed by atoms with E-state index in [9.17, 15) is 14.4 Å². The van der Waals surface area contributed by atoms with E-state index in [-0.39, 0.29) is 31.1 Å². The molecule has 6 heteroatoms. The van der Waals surface area contributed by atoms with Crippen LogP contribution in [-0.4, -0.2) is 37.2 Å². The van der Waals surface area contributed by atoms with Crippen molar-refractivity contribution in [3.05, 3.63) is 134 Å². The van der Waals surface area contributed by atoms with Gasteiger partial charge in [-0.25, -0.2) is 0 Å². The number of esters is 3. The third-order valence-electron chi connectivity index (χ3n) is 14.4. The average molecular weight is 1140 g/mol. The van der Waals surface area contributed by atoms with E-state index in [1.54, 1.807) is 0 Å². The van der Waals surface area contributed by atoms with Crippen LogP contribution in [0.4, 0.5) is 0 Å². The Morgan fingerprint density at radius 3 is 0.744 bits per heavy atom. The topological polar surface area (TPSA) is 78.9 Å². The number of hydrogen-bond donors (Lipinski definition) is 0. The zero-order valence-electron chi connectivity index (χ0n) is 53.5. The summed E-state index contributed by atoms with van der Waals surface area (Å²) in [6, 6.07) is 0. The highest BCUT2D eigenvalue weighted by molar-refractivity contribution is 5.71. The van der Waals surface area contributed by atoms with Gasteiger partial charge in [-0.3, -0.25) is 14.4 Å². The van der Waals surface area contributed by atoms with Gasteiger partial charge < -0.3 is 14.2 Å². The van der Waals surface area contributed by atoms with Gasteiger partial charge in [0.15, 0.2) is 6.10 Å². The van der Waals surface area contributed by atoms with Gasteiger partial charge in [0.2, 0.25) is 0 Å². The summed E-state index contributed by atoms with van der Waals surface area (Å²) in [5.41, 5.74) is 0. The Balaban J connectivity index is 4.31. The summed E-state index contributed by atoms with van der Waals surface area (Å²) < 4.78 is 16.9. The molecular weight excluding hydrogens is 1010 g/mol. The molecule has 0 aromatic carbocycles. The average Bonchev–Trinajstić information content (AvgIpc) is 3.47. The minimum atomic E-state index is -0.796. The van der Waals surface area contributed by atoms with Crippen LogP contribution >= 0.6 is 0 Å². The zero-order chi connectivity index (χ0) is 59.2. The highest BCUT2D eigenvalue weighted by atomic mass is 16.6. The summed E-state index contributed by atoms with van der Waals surface area (Å²) in [6.45, 7) is 6.39. The van der Waals surface area contributed by atoms with Crippen molar-refractivity contribution in [2.24, 2.45) is 0 Å².